The van der Waals surface area contributed by atoms with Gasteiger partial charge in [-0.3, -0.25) is 0 Å². The number of ether oxygens (including phenoxy) is 1. The van der Waals surface area contributed by atoms with Crippen molar-refractivity contribution < 1.29 is 26.7 Å². The molecule has 0 rings (SSSR count). The van der Waals surface area contributed by atoms with E-state index >= 15 is 0 Å². The molecule has 1 nitrogen and oxygen atoms in total. The fourth-order valence-corrected chi connectivity index (χ4v) is 0.196. The van der Waals surface area contributed by atoms with Gasteiger partial charge in [-0.1, -0.05) is 0 Å². The largest absolute Gasteiger partial charge is 0.402 e. The maximum atomic E-state index is 11.5. The van der Waals surface area contributed by atoms with Crippen molar-refractivity contribution in [2.24, 2.45) is 0 Å². The molecule has 0 amide bonds. The van der Waals surface area contributed by atoms with E-state index in [9.17, 15) is 22.0 Å². The van der Waals surface area contributed by atoms with Gasteiger partial charge in [-0.15, -0.1) is 0 Å². The molecule has 0 atom stereocenters. The van der Waals surface area contributed by atoms with E-state index in [-0.39, 0.29) is 6.92 Å². The molecule has 0 aliphatic rings. The molecule has 0 aromatic heterocycles. The van der Waals surface area contributed by atoms with E-state index in [1.165, 1.54) is 0 Å². The van der Waals surface area contributed by atoms with Crippen LogP contribution in [0.15, 0.2) is 12.1 Å². The molecule has 0 aliphatic carbocycles. The van der Waals surface area contributed by atoms with Gasteiger partial charge in [-0.25, -0.2) is 0 Å². The van der Waals surface area contributed by atoms with Crippen LogP contribution in [0.3, 0.4) is 0 Å². The zero-order valence-electron chi connectivity index (χ0n) is 4.80. The first kappa shape index (κ1) is 9.19. The Morgan fingerprint density at radius 1 is 1.20 bits per heavy atom. The summed E-state index contributed by atoms with van der Waals surface area (Å²) >= 11 is 0. The van der Waals surface area contributed by atoms with Crippen molar-refractivity contribution in [1.29, 1.82) is 0 Å². The zero-order chi connectivity index (χ0) is 8.36. The smallest absolute Gasteiger partial charge is 0.396 e. The van der Waals surface area contributed by atoms with E-state index in [4.69, 9.17) is 0 Å². The number of hydrogen-bond donors (Lipinski definition) is 0. The SMILES string of the molecule is CC(F)(F)OC(F)=C(F)F. The summed E-state index contributed by atoms with van der Waals surface area (Å²) in [4.78, 5) is 0. The minimum Gasteiger partial charge on any atom is -0.402 e. The average molecular weight is 162 g/mol. The summed E-state index contributed by atoms with van der Waals surface area (Å²) in [5, 5.41) is 0. The molecule has 0 unspecified atom stereocenters. The first-order valence-electron chi connectivity index (χ1n) is 2.10. The molecule has 0 N–H and O–H groups in total. The van der Waals surface area contributed by atoms with Gasteiger partial charge in [0.1, 0.15) is 0 Å². The van der Waals surface area contributed by atoms with Crippen LogP contribution in [0.25, 0.3) is 0 Å². The topological polar surface area (TPSA) is 9.23 Å². The minimum absolute atomic E-state index is 0.148. The Bertz CT molecular complexity index is 142. The van der Waals surface area contributed by atoms with Crippen molar-refractivity contribution in [2.75, 3.05) is 0 Å². The zero-order valence-corrected chi connectivity index (χ0v) is 4.80. The quantitative estimate of drug-likeness (QED) is 0.448. The molecule has 0 fully saturated rings. The molecule has 0 bridgehead atoms. The Hall–Kier alpha value is -0.810. The summed E-state index contributed by atoms with van der Waals surface area (Å²) in [6.07, 6.45) is -6.81. The highest BCUT2D eigenvalue weighted by Gasteiger charge is 2.26. The van der Waals surface area contributed by atoms with E-state index in [0.29, 0.717) is 0 Å². The third-order valence-electron chi connectivity index (χ3n) is 0.417. The Morgan fingerprint density at radius 3 is 1.70 bits per heavy atom. The molecule has 0 saturated heterocycles. The Morgan fingerprint density at radius 2 is 1.60 bits per heavy atom. The molecule has 0 aliphatic heterocycles. The van der Waals surface area contributed by atoms with Gasteiger partial charge in [0.2, 0.25) is 0 Å². The highest BCUT2D eigenvalue weighted by Crippen LogP contribution is 2.21. The van der Waals surface area contributed by atoms with Crippen LogP contribution in [0.2, 0.25) is 0 Å². The lowest BCUT2D eigenvalue weighted by molar-refractivity contribution is -0.214. The molecular formula is C4H3F5O. The number of rotatable bonds is 2. The standard InChI is InChI=1S/C4H3F5O/c1-4(8,9)10-3(7)2(5)6/h1H3. The lowest BCUT2D eigenvalue weighted by Crippen LogP contribution is -2.13. The van der Waals surface area contributed by atoms with Crippen molar-refractivity contribution in [1.82, 2.24) is 0 Å². The van der Waals surface area contributed by atoms with Gasteiger partial charge in [0, 0.05) is 6.92 Å². The van der Waals surface area contributed by atoms with Gasteiger partial charge >= 0.3 is 18.2 Å². The molecule has 0 aromatic carbocycles. The molecule has 6 heteroatoms. The van der Waals surface area contributed by atoms with Crippen LogP contribution in [-0.4, -0.2) is 6.11 Å². The van der Waals surface area contributed by atoms with Crippen LogP contribution < -0.4 is 0 Å². The van der Waals surface area contributed by atoms with Gasteiger partial charge in [0.15, 0.2) is 0 Å². The summed E-state index contributed by atoms with van der Waals surface area (Å²) in [6, 6.07) is -2.55. The molecule has 0 radical (unpaired) electrons. The van der Waals surface area contributed by atoms with E-state index in [1.54, 1.807) is 0 Å². The van der Waals surface area contributed by atoms with Crippen molar-refractivity contribution in [2.45, 2.75) is 13.0 Å². The predicted molar refractivity (Wildman–Crippen MR) is 22.1 cm³/mol. The van der Waals surface area contributed by atoms with E-state index in [1.807, 2.05) is 0 Å². The maximum Gasteiger partial charge on any atom is 0.396 e. The predicted octanol–water partition coefficient (Wildman–Crippen LogP) is 2.65. The summed E-state index contributed by atoms with van der Waals surface area (Å²) < 4.78 is 59.3. The van der Waals surface area contributed by atoms with Crippen molar-refractivity contribution >= 4 is 0 Å². The monoisotopic (exact) mass is 162 g/mol. The van der Waals surface area contributed by atoms with Crippen LogP contribution in [-0.2, 0) is 4.74 Å². The molecule has 60 valence electrons. The summed E-state index contributed by atoms with van der Waals surface area (Å²) in [7, 11) is 0. The fraction of sp³-hybridized carbons (Fsp3) is 0.500. The molecule has 0 heterocycles. The summed E-state index contributed by atoms with van der Waals surface area (Å²) in [5.41, 5.74) is 0. The fourth-order valence-electron chi connectivity index (χ4n) is 0.196. The molecule has 0 aromatic rings. The molecular weight excluding hydrogens is 159 g/mol. The normalized spacial score (nSPS) is 11.0. The second-order valence-corrected chi connectivity index (χ2v) is 1.44. The van der Waals surface area contributed by atoms with E-state index in [0.717, 1.165) is 0 Å². The van der Waals surface area contributed by atoms with Crippen LogP contribution in [0.1, 0.15) is 6.92 Å². The highest BCUT2D eigenvalue weighted by molar-refractivity contribution is 4.81. The Kier molecular flexibility index (Phi) is 2.62. The molecule has 10 heavy (non-hydrogen) atoms. The third kappa shape index (κ3) is 4.11. The van der Waals surface area contributed by atoms with E-state index in [2.05, 4.69) is 4.74 Å². The van der Waals surface area contributed by atoms with Gasteiger partial charge < -0.3 is 4.74 Å². The third-order valence-corrected chi connectivity index (χ3v) is 0.417. The van der Waals surface area contributed by atoms with Crippen molar-refractivity contribution in [3.05, 3.63) is 12.1 Å². The molecule has 0 saturated carbocycles. The van der Waals surface area contributed by atoms with Gasteiger partial charge in [-0.2, -0.15) is 22.0 Å². The van der Waals surface area contributed by atoms with Crippen molar-refractivity contribution in [3.8, 4) is 0 Å². The van der Waals surface area contributed by atoms with Crippen LogP contribution >= 0.6 is 0 Å². The number of hydrogen-bond acceptors (Lipinski definition) is 1. The summed E-state index contributed by atoms with van der Waals surface area (Å²) in [5.74, 6) is 0. The van der Waals surface area contributed by atoms with Crippen LogP contribution in [0.4, 0.5) is 22.0 Å². The first-order valence-corrected chi connectivity index (χ1v) is 2.10. The Labute approximate surface area is 53.1 Å². The second kappa shape index (κ2) is 2.85. The lowest BCUT2D eigenvalue weighted by atomic mass is 10.7. The first-order chi connectivity index (χ1) is 4.33. The highest BCUT2D eigenvalue weighted by atomic mass is 19.3. The van der Waals surface area contributed by atoms with Crippen LogP contribution in [0, 0.1) is 0 Å². The summed E-state index contributed by atoms with van der Waals surface area (Å²) in [6.45, 7) is 0.148. The van der Waals surface area contributed by atoms with Gasteiger partial charge in [0.05, 0.1) is 0 Å². The van der Waals surface area contributed by atoms with Gasteiger partial charge in [-0.05, 0) is 0 Å². The van der Waals surface area contributed by atoms with E-state index < -0.39 is 18.2 Å². The minimum atomic E-state index is -3.91. The number of alkyl halides is 2. The number of halogens is 5. The second-order valence-electron chi connectivity index (χ2n) is 1.44. The lowest BCUT2D eigenvalue weighted by Gasteiger charge is -2.08. The average Bonchev–Trinajstić information content (AvgIpc) is 1.60. The van der Waals surface area contributed by atoms with Crippen LogP contribution in [0.5, 0.6) is 0 Å². The molecule has 0 spiro atoms. The van der Waals surface area contributed by atoms with Gasteiger partial charge in [0.25, 0.3) is 0 Å². The maximum absolute atomic E-state index is 11.5. The Balaban J connectivity index is 4.06. The van der Waals surface area contributed by atoms with Crippen molar-refractivity contribution in [3.63, 3.8) is 0 Å².